The van der Waals surface area contributed by atoms with Crippen LogP contribution in [-0.2, 0) is 17.5 Å². The minimum atomic E-state index is -4.54. The molecule has 30 heavy (non-hydrogen) atoms. The van der Waals surface area contributed by atoms with Gasteiger partial charge in [-0.15, -0.1) is 0 Å². The van der Waals surface area contributed by atoms with Crippen LogP contribution in [0.1, 0.15) is 42.6 Å². The molecule has 1 fully saturated rings. The Kier molecular flexibility index (Phi) is 6.91. The molecular weight excluding hydrogens is 402 g/mol. The highest BCUT2D eigenvalue weighted by atomic mass is 19.4. The van der Waals surface area contributed by atoms with Crippen LogP contribution in [0.4, 0.5) is 17.6 Å². The summed E-state index contributed by atoms with van der Waals surface area (Å²) >= 11 is 0. The Balaban J connectivity index is 1.69. The van der Waals surface area contributed by atoms with Gasteiger partial charge >= 0.3 is 6.18 Å². The quantitative estimate of drug-likeness (QED) is 0.679. The second kappa shape index (κ2) is 9.42. The maximum Gasteiger partial charge on any atom is 0.416 e. The maximum atomic E-state index is 13.6. The van der Waals surface area contributed by atoms with Gasteiger partial charge in [-0.2, -0.15) is 13.2 Å². The van der Waals surface area contributed by atoms with E-state index in [1.54, 1.807) is 0 Å². The van der Waals surface area contributed by atoms with Crippen LogP contribution in [0.25, 0.3) is 0 Å². The molecule has 3 rings (SSSR count). The number of ether oxygens (including phenoxy) is 1. The molecule has 0 spiro atoms. The van der Waals surface area contributed by atoms with E-state index in [-0.39, 0.29) is 24.0 Å². The largest absolute Gasteiger partial charge is 0.492 e. The van der Waals surface area contributed by atoms with Crippen LogP contribution in [0.15, 0.2) is 36.5 Å². The number of hydrogen-bond donors (Lipinski definition) is 1. The fraction of sp³-hybridized carbons (Fsp3) is 0.429. The first-order valence-electron chi connectivity index (χ1n) is 9.67. The second-order valence-corrected chi connectivity index (χ2v) is 7.17. The standard InChI is InChI=1S/C21H23F4N3O2/c1-14(29)26-12-15-13-27-19(11-18(15)21(23,24)25)20-3-2-8-28(20)9-10-30-17-6-4-16(22)5-7-17/h4-7,11,13,20H,2-3,8-10,12H2,1H3,(H,26,29). The van der Waals surface area contributed by atoms with Crippen molar-refractivity contribution in [2.45, 2.75) is 38.5 Å². The molecule has 0 aliphatic carbocycles. The number of alkyl halides is 3. The average molecular weight is 425 g/mol. The van der Waals surface area contributed by atoms with Crippen molar-refractivity contribution < 1.29 is 27.1 Å². The van der Waals surface area contributed by atoms with Gasteiger partial charge in [0.25, 0.3) is 0 Å². The van der Waals surface area contributed by atoms with Gasteiger partial charge < -0.3 is 10.1 Å². The molecule has 0 bridgehead atoms. The number of nitrogens with one attached hydrogen (secondary N) is 1. The summed E-state index contributed by atoms with van der Waals surface area (Å²) in [4.78, 5) is 17.4. The number of amides is 1. The number of likely N-dealkylation sites (tertiary alicyclic amines) is 1. The molecule has 1 aromatic heterocycles. The van der Waals surface area contributed by atoms with Crippen LogP contribution in [0.5, 0.6) is 5.75 Å². The monoisotopic (exact) mass is 425 g/mol. The lowest BCUT2D eigenvalue weighted by atomic mass is 10.0. The van der Waals surface area contributed by atoms with E-state index >= 15 is 0 Å². The fourth-order valence-corrected chi connectivity index (χ4v) is 3.55. The topological polar surface area (TPSA) is 54.5 Å². The molecule has 1 N–H and O–H groups in total. The number of rotatable bonds is 7. The molecule has 2 heterocycles. The highest BCUT2D eigenvalue weighted by Gasteiger charge is 2.36. The van der Waals surface area contributed by atoms with Gasteiger partial charge in [-0.3, -0.25) is 14.7 Å². The highest BCUT2D eigenvalue weighted by Crippen LogP contribution is 2.36. The lowest BCUT2D eigenvalue weighted by Gasteiger charge is -2.25. The normalized spacial score (nSPS) is 17.2. The summed E-state index contributed by atoms with van der Waals surface area (Å²) in [6.45, 7) is 2.60. The number of hydrogen-bond acceptors (Lipinski definition) is 4. The fourth-order valence-electron chi connectivity index (χ4n) is 3.55. The van der Waals surface area contributed by atoms with Gasteiger partial charge in [-0.25, -0.2) is 4.39 Å². The van der Waals surface area contributed by atoms with Crippen LogP contribution in [0, 0.1) is 5.82 Å². The summed E-state index contributed by atoms with van der Waals surface area (Å²) in [6, 6.07) is 6.51. The summed E-state index contributed by atoms with van der Waals surface area (Å²) in [5.74, 6) is -0.224. The third-order valence-electron chi connectivity index (χ3n) is 5.01. The number of halogens is 4. The van der Waals surface area contributed by atoms with Crippen molar-refractivity contribution in [2.24, 2.45) is 0 Å². The zero-order valence-electron chi connectivity index (χ0n) is 16.5. The molecule has 162 valence electrons. The number of nitrogens with zero attached hydrogens (tertiary/aromatic N) is 2. The first-order chi connectivity index (χ1) is 14.2. The lowest BCUT2D eigenvalue weighted by molar-refractivity contribution is -0.138. The Bertz CT molecular complexity index is 872. The van der Waals surface area contributed by atoms with E-state index in [0.29, 0.717) is 31.0 Å². The van der Waals surface area contributed by atoms with Crippen LogP contribution in [0.3, 0.4) is 0 Å². The van der Waals surface area contributed by atoms with E-state index < -0.39 is 17.6 Å². The lowest BCUT2D eigenvalue weighted by Crippen LogP contribution is -2.29. The van der Waals surface area contributed by atoms with Crippen LogP contribution in [0.2, 0.25) is 0 Å². The molecule has 1 unspecified atom stereocenters. The Labute approximate surface area is 172 Å². The third kappa shape index (κ3) is 5.69. The van der Waals surface area contributed by atoms with Crippen molar-refractivity contribution in [3.63, 3.8) is 0 Å². The second-order valence-electron chi connectivity index (χ2n) is 7.17. The summed E-state index contributed by atoms with van der Waals surface area (Å²) < 4.78 is 59.2. The highest BCUT2D eigenvalue weighted by molar-refractivity contribution is 5.72. The van der Waals surface area contributed by atoms with E-state index in [4.69, 9.17) is 4.74 Å². The third-order valence-corrected chi connectivity index (χ3v) is 5.01. The molecule has 1 aliphatic heterocycles. The van der Waals surface area contributed by atoms with E-state index in [0.717, 1.165) is 19.0 Å². The number of pyridine rings is 1. The number of aromatic nitrogens is 1. The molecule has 1 aliphatic rings. The molecule has 5 nitrogen and oxygen atoms in total. The van der Waals surface area contributed by atoms with Crippen molar-refractivity contribution >= 4 is 5.91 Å². The van der Waals surface area contributed by atoms with Crippen LogP contribution >= 0.6 is 0 Å². The van der Waals surface area contributed by atoms with Crippen LogP contribution in [-0.4, -0.2) is 35.5 Å². The first kappa shape index (κ1) is 22.0. The van der Waals surface area contributed by atoms with Gasteiger partial charge in [-0.05, 0) is 49.7 Å². The predicted octanol–water partition coefficient (Wildman–Crippen LogP) is 4.09. The number of benzene rings is 1. The van der Waals surface area contributed by atoms with Crippen molar-refractivity contribution in [2.75, 3.05) is 19.7 Å². The summed E-state index contributed by atoms with van der Waals surface area (Å²) in [7, 11) is 0. The summed E-state index contributed by atoms with van der Waals surface area (Å²) in [5.41, 5.74) is -0.491. The molecule has 1 amide bonds. The van der Waals surface area contributed by atoms with Gasteiger partial charge in [-0.1, -0.05) is 0 Å². The van der Waals surface area contributed by atoms with E-state index in [2.05, 4.69) is 10.3 Å². The molecule has 9 heteroatoms. The van der Waals surface area contributed by atoms with Crippen molar-refractivity contribution in [1.82, 2.24) is 15.2 Å². The van der Waals surface area contributed by atoms with Gasteiger partial charge in [0.1, 0.15) is 18.2 Å². The van der Waals surface area contributed by atoms with Crippen molar-refractivity contribution in [3.8, 4) is 5.75 Å². The molecule has 1 atom stereocenters. The van der Waals surface area contributed by atoms with Gasteiger partial charge in [0.2, 0.25) is 5.91 Å². The van der Waals surface area contributed by atoms with E-state index in [1.165, 1.54) is 37.4 Å². The van der Waals surface area contributed by atoms with Crippen molar-refractivity contribution in [1.29, 1.82) is 0 Å². The Morgan fingerprint density at radius 2 is 2.03 bits per heavy atom. The molecule has 1 saturated heterocycles. The minimum absolute atomic E-state index is 0.0642. The SMILES string of the molecule is CC(=O)NCc1cnc(C2CCCN2CCOc2ccc(F)cc2)cc1C(F)(F)F. The molecule has 2 aromatic rings. The van der Waals surface area contributed by atoms with Crippen molar-refractivity contribution in [3.05, 3.63) is 59.2 Å². The van der Waals surface area contributed by atoms with E-state index in [1.807, 2.05) is 4.90 Å². The summed E-state index contributed by atoms with van der Waals surface area (Å²) in [6.07, 6.45) is -1.80. The average Bonchev–Trinajstić information content (AvgIpc) is 3.15. The molecule has 0 saturated carbocycles. The Morgan fingerprint density at radius 1 is 1.30 bits per heavy atom. The minimum Gasteiger partial charge on any atom is -0.492 e. The first-order valence-corrected chi connectivity index (χ1v) is 9.67. The number of carbonyl (C=O) groups excluding carboxylic acids is 1. The van der Waals surface area contributed by atoms with Gasteiger partial charge in [0.05, 0.1) is 17.3 Å². The van der Waals surface area contributed by atoms with E-state index in [9.17, 15) is 22.4 Å². The predicted molar refractivity (Wildman–Crippen MR) is 102 cm³/mol. The van der Waals surface area contributed by atoms with Gasteiger partial charge in [0.15, 0.2) is 0 Å². The van der Waals surface area contributed by atoms with Crippen LogP contribution < -0.4 is 10.1 Å². The zero-order chi connectivity index (χ0) is 21.7. The molecule has 1 aromatic carbocycles. The molecular formula is C21H23F4N3O2. The zero-order valence-corrected chi connectivity index (χ0v) is 16.5. The smallest absolute Gasteiger partial charge is 0.416 e. The Morgan fingerprint density at radius 3 is 2.70 bits per heavy atom. The Hall–Kier alpha value is -2.68. The van der Waals surface area contributed by atoms with Gasteiger partial charge in [0, 0.05) is 31.8 Å². The maximum absolute atomic E-state index is 13.6. The molecule has 0 radical (unpaired) electrons. The summed E-state index contributed by atoms with van der Waals surface area (Å²) in [5, 5.41) is 2.39. The number of carbonyl (C=O) groups is 1.